The number of furan rings is 1. The number of hydrogen-bond acceptors (Lipinski definition) is 4. The van der Waals surface area contributed by atoms with Gasteiger partial charge in [0.1, 0.15) is 5.76 Å². The Bertz CT molecular complexity index is 592. The van der Waals surface area contributed by atoms with Crippen LogP contribution in [0.3, 0.4) is 0 Å². The summed E-state index contributed by atoms with van der Waals surface area (Å²) in [6, 6.07) is 3.99. The summed E-state index contributed by atoms with van der Waals surface area (Å²) in [5.74, 6) is 1.60. The molecule has 0 saturated carbocycles. The fourth-order valence-electron chi connectivity index (χ4n) is 3.56. The van der Waals surface area contributed by atoms with Gasteiger partial charge in [-0.1, -0.05) is 6.42 Å². The Morgan fingerprint density at radius 2 is 2.00 bits per heavy atom. The van der Waals surface area contributed by atoms with E-state index in [-0.39, 0.29) is 30.0 Å². The summed E-state index contributed by atoms with van der Waals surface area (Å²) < 4.78 is 42.8. The van der Waals surface area contributed by atoms with Gasteiger partial charge in [-0.15, -0.1) is 24.0 Å². The molecule has 6 nitrogen and oxygen atoms in total. The first-order valence-electron chi connectivity index (χ1n) is 10.4. The van der Waals surface area contributed by atoms with E-state index in [9.17, 15) is 13.2 Å². The average molecular weight is 545 g/mol. The predicted octanol–water partition coefficient (Wildman–Crippen LogP) is 3.86. The number of aliphatic imine (C=N–C) groups is 1. The topological polar surface area (TPSA) is 56.0 Å². The van der Waals surface area contributed by atoms with Crippen molar-refractivity contribution >= 4 is 29.9 Å². The zero-order chi connectivity index (χ0) is 21.1. The minimum atomic E-state index is -4.16. The number of likely N-dealkylation sites (tertiary alicyclic amines) is 1. The fourth-order valence-corrected chi connectivity index (χ4v) is 3.56. The second kappa shape index (κ2) is 14.1. The van der Waals surface area contributed by atoms with E-state index < -0.39 is 12.7 Å². The second-order valence-electron chi connectivity index (χ2n) is 7.48. The van der Waals surface area contributed by atoms with Gasteiger partial charge in [-0.2, -0.15) is 13.2 Å². The van der Waals surface area contributed by atoms with Crippen molar-refractivity contribution in [2.45, 2.75) is 44.8 Å². The summed E-state index contributed by atoms with van der Waals surface area (Å²) in [5, 5.41) is 6.43. The van der Waals surface area contributed by atoms with E-state index in [0.29, 0.717) is 32.0 Å². The minimum absolute atomic E-state index is 0. The highest BCUT2D eigenvalue weighted by Gasteiger charge is 2.28. The van der Waals surface area contributed by atoms with Crippen LogP contribution in [0.25, 0.3) is 0 Å². The Hall–Kier alpha value is -1.01. The maximum Gasteiger partial charge on any atom is 0.401 e. The lowest BCUT2D eigenvalue weighted by atomic mass is 10.1. The Labute approximate surface area is 194 Å². The maximum absolute atomic E-state index is 12.4. The van der Waals surface area contributed by atoms with E-state index >= 15 is 0 Å². The van der Waals surface area contributed by atoms with E-state index in [0.717, 1.165) is 25.4 Å². The van der Waals surface area contributed by atoms with E-state index in [1.165, 1.54) is 31.2 Å². The third-order valence-corrected chi connectivity index (χ3v) is 4.93. The van der Waals surface area contributed by atoms with E-state index in [2.05, 4.69) is 15.5 Å². The lowest BCUT2D eigenvalue weighted by Crippen LogP contribution is -2.40. The number of rotatable bonds is 10. The molecule has 1 saturated heterocycles. The minimum Gasteiger partial charge on any atom is -0.468 e. The predicted molar refractivity (Wildman–Crippen MR) is 124 cm³/mol. The van der Waals surface area contributed by atoms with Crippen LogP contribution < -0.4 is 10.6 Å². The molecular formula is C20H35F3IN5O. The van der Waals surface area contributed by atoms with Crippen LogP contribution in [0.5, 0.6) is 0 Å². The Morgan fingerprint density at radius 1 is 1.27 bits per heavy atom. The van der Waals surface area contributed by atoms with Crippen molar-refractivity contribution in [1.29, 1.82) is 0 Å². The zero-order valence-corrected chi connectivity index (χ0v) is 20.2. The molecule has 10 heteroatoms. The molecule has 1 aliphatic heterocycles. The van der Waals surface area contributed by atoms with Crippen molar-refractivity contribution in [3.63, 3.8) is 0 Å². The van der Waals surface area contributed by atoms with Gasteiger partial charge in [-0.25, -0.2) is 0 Å². The van der Waals surface area contributed by atoms with Gasteiger partial charge in [-0.05, 0) is 65.0 Å². The van der Waals surface area contributed by atoms with Crippen LogP contribution in [-0.2, 0) is 0 Å². The van der Waals surface area contributed by atoms with E-state index in [4.69, 9.17) is 9.41 Å². The van der Waals surface area contributed by atoms with Crippen LogP contribution in [0.15, 0.2) is 27.8 Å². The molecule has 0 spiro atoms. The average Bonchev–Trinajstić information content (AvgIpc) is 3.19. The first-order valence-corrected chi connectivity index (χ1v) is 10.4. The maximum atomic E-state index is 12.4. The number of guanidine groups is 1. The molecule has 0 aliphatic carbocycles. The van der Waals surface area contributed by atoms with Gasteiger partial charge >= 0.3 is 6.18 Å². The standard InChI is InChI=1S/C20H34F3N5O.HI/c1-3-24-19(25-10-8-11-27(2)16-20(21,22)23)26-15-17(18-9-7-14-29-18)28-12-5-4-6-13-28;/h7,9,14,17H,3-6,8,10-13,15-16H2,1-2H3,(H2,24,25,26);1H. The highest BCUT2D eigenvalue weighted by atomic mass is 127. The van der Waals surface area contributed by atoms with Gasteiger partial charge < -0.3 is 15.1 Å². The molecule has 2 heterocycles. The van der Waals surface area contributed by atoms with Gasteiger partial charge in [0.05, 0.1) is 25.4 Å². The third-order valence-electron chi connectivity index (χ3n) is 4.93. The number of nitrogens with one attached hydrogen (secondary N) is 2. The van der Waals surface area contributed by atoms with Crippen molar-refractivity contribution in [3.05, 3.63) is 24.2 Å². The molecule has 1 aromatic heterocycles. The lowest BCUT2D eigenvalue weighted by Gasteiger charge is -2.32. The first kappa shape index (κ1) is 27.0. The molecule has 174 valence electrons. The smallest absolute Gasteiger partial charge is 0.401 e. The molecule has 2 N–H and O–H groups in total. The number of alkyl halides is 3. The fraction of sp³-hybridized carbons (Fsp3) is 0.750. The van der Waals surface area contributed by atoms with Gasteiger partial charge in [0.15, 0.2) is 5.96 Å². The Morgan fingerprint density at radius 3 is 2.60 bits per heavy atom. The van der Waals surface area contributed by atoms with Gasteiger partial charge in [-0.3, -0.25) is 14.8 Å². The second-order valence-corrected chi connectivity index (χ2v) is 7.48. The summed E-state index contributed by atoms with van der Waals surface area (Å²) in [4.78, 5) is 8.43. The molecule has 0 amide bonds. The van der Waals surface area contributed by atoms with Crippen molar-refractivity contribution in [1.82, 2.24) is 20.4 Å². The summed E-state index contributed by atoms with van der Waals surface area (Å²) in [7, 11) is 1.49. The summed E-state index contributed by atoms with van der Waals surface area (Å²) in [6.45, 7) is 5.39. The van der Waals surface area contributed by atoms with Crippen LogP contribution in [0.1, 0.15) is 44.4 Å². The number of nitrogens with zero attached hydrogens (tertiary/aromatic N) is 3. The van der Waals surface area contributed by atoms with Crippen molar-refractivity contribution < 1.29 is 17.6 Å². The molecule has 1 fully saturated rings. The summed E-state index contributed by atoms with van der Waals surface area (Å²) in [6.07, 6.45) is 1.77. The Balaban J connectivity index is 0.00000450. The number of piperidine rings is 1. The third kappa shape index (κ3) is 10.3. The molecule has 2 rings (SSSR count). The normalized spacial score (nSPS) is 16.9. The van der Waals surface area contributed by atoms with Gasteiger partial charge in [0, 0.05) is 13.1 Å². The van der Waals surface area contributed by atoms with Crippen LogP contribution in [0, 0.1) is 0 Å². The lowest BCUT2D eigenvalue weighted by molar-refractivity contribution is -0.143. The monoisotopic (exact) mass is 545 g/mol. The molecule has 1 unspecified atom stereocenters. The highest BCUT2D eigenvalue weighted by Crippen LogP contribution is 2.25. The van der Waals surface area contributed by atoms with Gasteiger partial charge in [0.2, 0.25) is 0 Å². The zero-order valence-electron chi connectivity index (χ0n) is 17.9. The summed E-state index contributed by atoms with van der Waals surface area (Å²) in [5.41, 5.74) is 0. The van der Waals surface area contributed by atoms with Crippen LogP contribution in [0.4, 0.5) is 13.2 Å². The van der Waals surface area contributed by atoms with E-state index in [1.807, 2.05) is 19.1 Å². The van der Waals surface area contributed by atoms with Crippen molar-refractivity contribution in [2.24, 2.45) is 4.99 Å². The molecule has 1 atom stereocenters. The highest BCUT2D eigenvalue weighted by molar-refractivity contribution is 14.0. The molecule has 0 bridgehead atoms. The van der Waals surface area contributed by atoms with Crippen molar-refractivity contribution in [2.75, 3.05) is 52.9 Å². The van der Waals surface area contributed by atoms with Crippen LogP contribution >= 0.6 is 24.0 Å². The Kier molecular flexibility index (Phi) is 12.7. The molecule has 30 heavy (non-hydrogen) atoms. The number of hydrogen-bond donors (Lipinski definition) is 2. The number of halogens is 4. The SMILES string of the molecule is CCNC(=NCC(c1ccco1)N1CCCCC1)NCCCN(C)CC(F)(F)F.I. The van der Waals surface area contributed by atoms with Crippen LogP contribution in [0.2, 0.25) is 0 Å². The summed E-state index contributed by atoms with van der Waals surface area (Å²) >= 11 is 0. The quantitative estimate of drug-likeness (QED) is 0.203. The van der Waals surface area contributed by atoms with Gasteiger partial charge in [0.25, 0.3) is 0 Å². The molecule has 1 aromatic rings. The van der Waals surface area contributed by atoms with Crippen molar-refractivity contribution in [3.8, 4) is 0 Å². The molecule has 1 aliphatic rings. The molecule has 0 radical (unpaired) electrons. The molecular weight excluding hydrogens is 510 g/mol. The largest absolute Gasteiger partial charge is 0.468 e. The molecule has 0 aromatic carbocycles. The van der Waals surface area contributed by atoms with Crippen LogP contribution in [-0.4, -0.2) is 74.8 Å². The first-order chi connectivity index (χ1) is 13.9. The van der Waals surface area contributed by atoms with E-state index in [1.54, 1.807) is 6.26 Å².